The molecule has 0 N–H and O–H groups in total. The van der Waals surface area contributed by atoms with Crippen LogP contribution in [0.4, 0.5) is 0 Å². The zero-order valence-corrected chi connectivity index (χ0v) is 13.1. The average molecular weight is 363 g/mol. The standard InChI is InChI=1S/C13H17Br2NO/c1-2-7-16(8-6-14)13(17)10-11-4-3-5-12(15)9-11/h3-5,9H,2,6-8,10H2,1H3. The first-order valence-corrected chi connectivity index (χ1v) is 7.67. The molecule has 17 heavy (non-hydrogen) atoms. The van der Waals surface area contributed by atoms with E-state index in [4.69, 9.17) is 0 Å². The van der Waals surface area contributed by atoms with Gasteiger partial charge in [-0.15, -0.1) is 0 Å². The molecule has 0 fully saturated rings. The summed E-state index contributed by atoms with van der Waals surface area (Å²) in [6.45, 7) is 3.70. The number of hydrogen-bond acceptors (Lipinski definition) is 1. The van der Waals surface area contributed by atoms with E-state index < -0.39 is 0 Å². The van der Waals surface area contributed by atoms with E-state index in [1.165, 1.54) is 0 Å². The van der Waals surface area contributed by atoms with Crippen molar-refractivity contribution >= 4 is 37.8 Å². The lowest BCUT2D eigenvalue weighted by Crippen LogP contribution is -2.34. The predicted molar refractivity (Wildman–Crippen MR) is 78.5 cm³/mol. The van der Waals surface area contributed by atoms with Gasteiger partial charge in [-0.25, -0.2) is 0 Å². The second kappa shape index (κ2) is 7.88. The van der Waals surface area contributed by atoms with Gasteiger partial charge in [0.15, 0.2) is 0 Å². The Morgan fingerprint density at radius 3 is 2.71 bits per heavy atom. The highest BCUT2D eigenvalue weighted by atomic mass is 79.9. The highest BCUT2D eigenvalue weighted by Gasteiger charge is 2.12. The van der Waals surface area contributed by atoms with Gasteiger partial charge in [0.1, 0.15) is 0 Å². The molecule has 4 heteroatoms. The Morgan fingerprint density at radius 1 is 1.35 bits per heavy atom. The van der Waals surface area contributed by atoms with Gasteiger partial charge in [-0.3, -0.25) is 4.79 Å². The number of hydrogen-bond donors (Lipinski definition) is 0. The molecule has 94 valence electrons. The third-order valence-corrected chi connectivity index (χ3v) is 3.29. The van der Waals surface area contributed by atoms with Crippen molar-refractivity contribution in [3.63, 3.8) is 0 Å². The summed E-state index contributed by atoms with van der Waals surface area (Å²) in [5, 5.41) is 0.831. The molecule has 0 radical (unpaired) electrons. The van der Waals surface area contributed by atoms with Gasteiger partial charge in [0.25, 0.3) is 0 Å². The molecular formula is C13H17Br2NO. The first-order chi connectivity index (χ1) is 8.17. The number of halogens is 2. The third kappa shape index (κ3) is 5.21. The van der Waals surface area contributed by atoms with Gasteiger partial charge >= 0.3 is 0 Å². The van der Waals surface area contributed by atoms with Crippen LogP contribution in [0.15, 0.2) is 28.7 Å². The van der Waals surface area contributed by atoms with E-state index in [1.807, 2.05) is 29.2 Å². The molecule has 0 saturated carbocycles. The fourth-order valence-corrected chi connectivity index (χ4v) is 2.54. The average Bonchev–Trinajstić information content (AvgIpc) is 2.28. The molecule has 0 aliphatic heterocycles. The SMILES string of the molecule is CCCN(CCBr)C(=O)Cc1cccc(Br)c1. The number of carbonyl (C=O) groups is 1. The van der Waals surface area contributed by atoms with Crippen LogP contribution >= 0.6 is 31.9 Å². The van der Waals surface area contributed by atoms with Gasteiger partial charge in [-0.2, -0.15) is 0 Å². The van der Waals surface area contributed by atoms with E-state index in [9.17, 15) is 4.79 Å². The lowest BCUT2D eigenvalue weighted by molar-refractivity contribution is -0.130. The molecule has 0 bridgehead atoms. The summed E-state index contributed by atoms with van der Waals surface area (Å²) >= 11 is 6.80. The van der Waals surface area contributed by atoms with Crippen LogP contribution in [0.5, 0.6) is 0 Å². The molecule has 0 aromatic heterocycles. The first kappa shape index (κ1) is 14.7. The highest BCUT2D eigenvalue weighted by molar-refractivity contribution is 9.10. The number of nitrogens with zero attached hydrogens (tertiary/aromatic N) is 1. The van der Waals surface area contributed by atoms with Gasteiger partial charge < -0.3 is 4.90 Å². The summed E-state index contributed by atoms with van der Waals surface area (Å²) < 4.78 is 1.02. The number of alkyl halides is 1. The molecule has 1 amide bonds. The lowest BCUT2D eigenvalue weighted by atomic mass is 10.1. The van der Waals surface area contributed by atoms with Crippen LogP contribution in [0.2, 0.25) is 0 Å². The van der Waals surface area contributed by atoms with Crippen LogP contribution in [0, 0.1) is 0 Å². The first-order valence-electron chi connectivity index (χ1n) is 5.75. The lowest BCUT2D eigenvalue weighted by Gasteiger charge is -2.21. The Morgan fingerprint density at radius 2 is 2.12 bits per heavy atom. The molecule has 0 heterocycles. The summed E-state index contributed by atoms with van der Waals surface area (Å²) in [6, 6.07) is 7.91. The van der Waals surface area contributed by atoms with Crippen LogP contribution in [-0.4, -0.2) is 29.2 Å². The molecule has 0 spiro atoms. The normalized spacial score (nSPS) is 10.3. The van der Waals surface area contributed by atoms with Crippen molar-refractivity contribution in [3.8, 4) is 0 Å². The van der Waals surface area contributed by atoms with Crippen molar-refractivity contribution in [1.82, 2.24) is 4.90 Å². The molecule has 1 aromatic rings. The molecule has 0 atom stereocenters. The molecule has 0 unspecified atom stereocenters. The van der Waals surface area contributed by atoms with Crippen LogP contribution in [0.3, 0.4) is 0 Å². The minimum atomic E-state index is 0.199. The fourth-order valence-electron chi connectivity index (χ4n) is 1.67. The van der Waals surface area contributed by atoms with Gasteiger partial charge in [0, 0.05) is 22.9 Å². The monoisotopic (exact) mass is 361 g/mol. The summed E-state index contributed by atoms with van der Waals surface area (Å²) in [7, 11) is 0. The van der Waals surface area contributed by atoms with Crippen LogP contribution in [0.25, 0.3) is 0 Å². The summed E-state index contributed by atoms with van der Waals surface area (Å²) in [5.74, 6) is 0.199. The maximum atomic E-state index is 12.1. The topological polar surface area (TPSA) is 20.3 Å². The van der Waals surface area contributed by atoms with Crippen molar-refractivity contribution in [3.05, 3.63) is 34.3 Å². The number of amides is 1. The molecule has 0 aliphatic carbocycles. The fraction of sp³-hybridized carbons (Fsp3) is 0.462. The smallest absolute Gasteiger partial charge is 0.227 e. The Bertz CT molecular complexity index is 362. The maximum Gasteiger partial charge on any atom is 0.227 e. The van der Waals surface area contributed by atoms with E-state index in [0.29, 0.717) is 6.42 Å². The minimum absolute atomic E-state index is 0.199. The highest BCUT2D eigenvalue weighted by Crippen LogP contribution is 2.13. The quantitative estimate of drug-likeness (QED) is 0.707. The van der Waals surface area contributed by atoms with E-state index >= 15 is 0 Å². The zero-order valence-electron chi connectivity index (χ0n) is 9.96. The predicted octanol–water partition coefficient (Wildman–Crippen LogP) is 3.63. The van der Waals surface area contributed by atoms with E-state index in [2.05, 4.69) is 38.8 Å². The van der Waals surface area contributed by atoms with Gasteiger partial charge in [-0.1, -0.05) is 50.9 Å². The second-order valence-corrected chi connectivity index (χ2v) is 5.59. The van der Waals surface area contributed by atoms with Crippen molar-refractivity contribution < 1.29 is 4.79 Å². The Labute approximate surface area is 120 Å². The second-order valence-electron chi connectivity index (χ2n) is 3.88. The van der Waals surface area contributed by atoms with E-state index in [0.717, 1.165) is 34.9 Å². The van der Waals surface area contributed by atoms with Crippen molar-refractivity contribution in [1.29, 1.82) is 0 Å². The van der Waals surface area contributed by atoms with Crippen LogP contribution in [-0.2, 0) is 11.2 Å². The van der Waals surface area contributed by atoms with E-state index in [-0.39, 0.29) is 5.91 Å². The third-order valence-electron chi connectivity index (χ3n) is 2.45. The van der Waals surface area contributed by atoms with Crippen LogP contribution in [0.1, 0.15) is 18.9 Å². The number of benzene rings is 1. The van der Waals surface area contributed by atoms with Gasteiger partial charge in [0.05, 0.1) is 6.42 Å². The van der Waals surface area contributed by atoms with Gasteiger partial charge in [0.2, 0.25) is 5.91 Å². The maximum absolute atomic E-state index is 12.1. The molecule has 0 aliphatic rings. The Balaban J connectivity index is 2.62. The van der Waals surface area contributed by atoms with Crippen LogP contribution < -0.4 is 0 Å². The molecular weight excluding hydrogens is 346 g/mol. The molecule has 1 aromatic carbocycles. The van der Waals surface area contributed by atoms with Gasteiger partial charge in [-0.05, 0) is 24.1 Å². The summed E-state index contributed by atoms with van der Waals surface area (Å²) in [4.78, 5) is 14.0. The Hall–Kier alpha value is -0.350. The van der Waals surface area contributed by atoms with Crippen molar-refractivity contribution in [2.45, 2.75) is 19.8 Å². The summed E-state index contributed by atoms with van der Waals surface area (Å²) in [5.41, 5.74) is 1.06. The summed E-state index contributed by atoms with van der Waals surface area (Å²) in [6.07, 6.45) is 1.48. The van der Waals surface area contributed by atoms with Crippen molar-refractivity contribution in [2.75, 3.05) is 18.4 Å². The minimum Gasteiger partial charge on any atom is -0.342 e. The molecule has 1 rings (SSSR count). The Kier molecular flexibility index (Phi) is 6.82. The molecule has 2 nitrogen and oxygen atoms in total. The molecule has 0 saturated heterocycles. The number of rotatable bonds is 6. The largest absolute Gasteiger partial charge is 0.342 e. The zero-order chi connectivity index (χ0) is 12.7. The van der Waals surface area contributed by atoms with E-state index in [1.54, 1.807) is 0 Å². The van der Waals surface area contributed by atoms with Crippen molar-refractivity contribution in [2.24, 2.45) is 0 Å². The number of carbonyl (C=O) groups excluding carboxylic acids is 1.